The monoisotopic (exact) mass is 301 g/mol. The summed E-state index contributed by atoms with van der Waals surface area (Å²) in [6.07, 6.45) is 0. The Morgan fingerprint density at radius 2 is 1.30 bits per heavy atom. The molecule has 0 radical (unpaired) electrons. The second kappa shape index (κ2) is 4.52. The van der Waals surface area contributed by atoms with Gasteiger partial charge in [-0.1, -0.05) is 18.2 Å². The fraction of sp³-hybridized carbons (Fsp3) is 0. The second-order valence-electron chi connectivity index (χ2n) is 3.97. The summed E-state index contributed by atoms with van der Waals surface area (Å²) in [7, 11) is 0. The Morgan fingerprint density at radius 1 is 0.750 bits per heavy atom. The Kier molecular flexibility index (Phi) is 2.93. The summed E-state index contributed by atoms with van der Waals surface area (Å²) in [5.74, 6) is -9.79. The quantitative estimate of drug-likeness (QED) is 0.362. The molecule has 0 N–H and O–H groups in total. The maximum atomic E-state index is 13.8. The van der Waals surface area contributed by atoms with Crippen LogP contribution in [0.5, 0.6) is 0 Å². The van der Waals surface area contributed by atoms with Gasteiger partial charge >= 0.3 is 0 Å². The largest absolute Gasteiger partial charge is 0.203 e. The van der Waals surface area contributed by atoms with E-state index < -0.39 is 34.6 Å². The zero-order chi connectivity index (χ0) is 14.4. The molecule has 0 saturated heterocycles. The average molecular weight is 301 g/mol. The van der Waals surface area contributed by atoms with Gasteiger partial charge in [0.05, 0.1) is 16.0 Å². The molecular weight excluding hydrogens is 297 g/mol. The van der Waals surface area contributed by atoms with E-state index in [0.717, 1.165) is 0 Å². The van der Waals surface area contributed by atoms with Crippen LogP contribution in [0.25, 0.3) is 21.3 Å². The van der Waals surface area contributed by atoms with Crippen molar-refractivity contribution >= 4 is 22.4 Å². The number of benzene rings is 2. The summed E-state index contributed by atoms with van der Waals surface area (Å²) in [6.45, 7) is 0. The summed E-state index contributed by atoms with van der Waals surface area (Å²) in [4.78, 5) is -0.0894. The maximum absolute atomic E-state index is 13.8. The van der Waals surface area contributed by atoms with Crippen LogP contribution in [-0.2, 0) is 0 Å². The molecule has 1 nitrogen and oxygen atoms in total. The van der Waals surface area contributed by atoms with Gasteiger partial charge in [-0.25, -0.2) is 22.0 Å². The molecule has 0 saturated carbocycles. The van der Waals surface area contributed by atoms with Crippen molar-refractivity contribution in [2.75, 3.05) is 0 Å². The third-order valence-corrected chi connectivity index (χ3v) is 3.72. The molecule has 1 aromatic heterocycles. The lowest BCUT2D eigenvalue weighted by molar-refractivity contribution is 0.381. The molecule has 1 heterocycles. The van der Waals surface area contributed by atoms with Crippen molar-refractivity contribution in [2.24, 2.45) is 0 Å². The number of hydrogen-bond donors (Lipinski definition) is 0. The van der Waals surface area contributed by atoms with Crippen molar-refractivity contribution in [2.45, 2.75) is 0 Å². The molecule has 3 aromatic rings. The van der Waals surface area contributed by atoms with Crippen LogP contribution >= 0.6 is 11.5 Å². The van der Waals surface area contributed by atoms with Gasteiger partial charge in [0.1, 0.15) is 0 Å². The van der Waals surface area contributed by atoms with E-state index in [1.165, 1.54) is 6.07 Å². The number of nitrogens with zero attached hydrogens (tertiary/aromatic N) is 1. The molecule has 20 heavy (non-hydrogen) atoms. The lowest BCUT2D eigenvalue weighted by Crippen LogP contribution is -2.03. The molecule has 0 aliphatic carbocycles. The molecule has 3 rings (SSSR count). The van der Waals surface area contributed by atoms with Crippen LogP contribution in [-0.4, -0.2) is 4.37 Å². The van der Waals surface area contributed by atoms with Gasteiger partial charge in [0.2, 0.25) is 5.82 Å². The van der Waals surface area contributed by atoms with Gasteiger partial charge in [0.25, 0.3) is 0 Å². The first-order valence-corrected chi connectivity index (χ1v) is 6.16. The standard InChI is InChI=1S/C13H4F5NS/c14-8-7(9(15)11(17)12(18)10(8)16)13-5-3-1-2-4-6(5)19-20-13/h1-4H. The third-order valence-electron chi connectivity index (χ3n) is 2.82. The van der Waals surface area contributed by atoms with Crippen LogP contribution in [0.15, 0.2) is 24.3 Å². The van der Waals surface area contributed by atoms with Gasteiger partial charge in [-0.05, 0) is 17.6 Å². The molecule has 0 amide bonds. The summed E-state index contributed by atoms with van der Waals surface area (Å²) in [5.41, 5.74) is -0.517. The minimum atomic E-state index is -2.17. The lowest BCUT2D eigenvalue weighted by Gasteiger charge is -2.06. The maximum Gasteiger partial charge on any atom is 0.200 e. The van der Waals surface area contributed by atoms with Crippen molar-refractivity contribution in [1.29, 1.82) is 0 Å². The van der Waals surface area contributed by atoms with Gasteiger partial charge in [0.15, 0.2) is 23.3 Å². The van der Waals surface area contributed by atoms with Gasteiger partial charge in [0, 0.05) is 5.39 Å². The van der Waals surface area contributed by atoms with Crippen molar-refractivity contribution < 1.29 is 22.0 Å². The fourth-order valence-corrected chi connectivity index (χ4v) is 2.76. The Hall–Kier alpha value is -2.02. The van der Waals surface area contributed by atoms with E-state index in [0.29, 0.717) is 22.4 Å². The van der Waals surface area contributed by atoms with Crippen LogP contribution in [0, 0.1) is 29.1 Å². The summed E-state index contributed by atoms with van der Waals surface area (Å²) >= 11 is 0.682. The average Bonchev–Trinajstić information content (AvgIpc) is 2.87. The Balaban J connectivity index is 2.41. The summed E-state index contributed by atoms with van der Waals surface area (Å²) in [6, 6.07) is 6.34. The minimum absolute atomic E-state index is 0.0894. The van der Waals surface area contributed by atoms with Crippen LogP contribution in [0.3, 0.4) is 0 Å². The number of rotatable bonds is 1. The van der Waals surface area contributed by atoms with E-state index in [-0.39, 0.29) is 4.88 Å². The number of halogens is 5. The molecule has 0 bridgehead atoms. The number of hydrogen-bond acceptors (Lipinski definition) is 2. The molecule has 0 atom stereocenters. The van der Waals surface area contributed by atoms with Crippen LogP contribution in [0.2, 0.25) is 0 Å². The van der Waals surface area contributed by atoms with Crippen molar-refractivity contribution in [3.8, 4) is 10.4 Å². The van der Waals surface area contributed by atoms with Crippen LogP contribution in [0.4, 0.5) is 22.0 Å². The van der Waals surface area contributed by atoms with Crippen LogP contribution in [0.1, 0.15) is 0 Å². The van der Waals surface area contributed by atoms with Gasteiger partial charge < -0.3 is 0 Å². The highest BCUT2D eigenvalue weighted by atomic mass is 32.1. The molecule has 0 aliphatic heterocycles. The molecule has 102 valence electrons. The predicted molar refractivity (Wildman–Crippen MR) is 64.8 cm³/mol. The zero-order valence-corrected chi connectivity index (χ0v) is 10.4. The Morgan fingerprint density at radius 3 is 1.95 bits per heavy atom. The van der Waals surface area contributed by atoms with Crippen molar-refractivity contribution in [3.63, 3.8) is 0 Å². The minimum Gasteiger partial charge on any atom is -0.203 e. The molecule has 2 aromatic carbocycles. The molecule has 7 heteroatoms. The van der Waals surface area contributed by atoms with Crippen molar-refractivity contribution in [3.05, 3.63) is 53.4 Å². The number of fused-ring (bicyclic) bond motifs is 1. The first-order chi connectivity index (χ1) is 9.52. The van der Waals surface area contributed by atoms with Crippen molar-refractivity contribution in [1.82, 2.24) is 4.37 Å². The molecule has 0 fully saturated rings. The normalized spacial score (nSPS) is 11.2. The van der Waals surface area contributed by atoms with Crippen LogP contribution < -0.4 is 0 Å². The van der Waals surface area contributed by atoms with Gasteiger partial charge in [-0.2, -0.15) is 4.37 Å². The second-order valence-corrected chi connectivity index (χ2v) is 4.75. The van der Waals surface area contributed by atoms with E-state index in [4.69, 9.17) is 0 Å². The smallest absolute Gasteiger partial charge is 0.200 e. The van der Waals surface area contributed by atoms with E-state index in [2.05, 4.69) is 4.37 Å². The highest BCUT2D eigenvalue weighted by Crippen LogP contribution is 2.38. The summed E-state index contributed by atoms with van der Waals surface area (Å²) in [5, 5.41) is 0.334. The first kappa shape index (κ1) is 13.0. The van der Waals surface area contributed by atoms with Gasteiger partial charge in [-0.15, -0.1) is 0 Å². The molecule has 0 spiro atoms. The summed E-state index contributed by atoms with van der Waals surface area (Å²) < 4.78 is 70.9. The highest BCUT2D eigenvalue weighted by Gasteiger charge is 2.28. The van der Waals surface area contributed by atoms with E-state index in [9.17, 15) is 22.0 Å². The number of aromatic nitrogens is 1. The fourth-order valence-electron chi connectivity index (χ4n) is 1.87. The predicted octanol–water partition coefficient (Wildman–Crippen LogP) is 4.66. The first-order valence-electron chi connectivity index (χ1n) is 5.38. The Bertz CT molecular complexity index is 798. The molecule has 0 unspecified atom stereocenters. The van der Waals surface area contributed by atoms with E-state index in [1.54, 1.807) is 18.2 Å². The van der Waals surface area contributed by atoms with Gasteiger partial charge in [-0.3, -0.25) is 0 Å². The molecule has 0 aliphatic rings. The SMILES string of the molecule is Fc1c(F)c(F)c(-c2snc3ccccc23)c(F)c1F. The zero-order valence-electron chi connectivity index (χ0n) is 9.55. The Labute approximate surface area is 113 Å². The lowest BCUT2D eigenvalue weighted by atomic mass is 10.1. The topological polar surface area (TPSA) is 12.9 Å². The molecular formula is C13H4F5NS. The highest BCUT2D eigenvalue weighted by molar-refractivity contribution is 7.11. The van der Waals surface area contributed by atoms with E-state index >= 15 is 0 Å². The third kappa shape index (κ3) is 1.70. The van der Waals surface area contributed by atoms with E-state index in [1.807, 2.05) is 0 Å².